The molecule has 0 spiro atoms. The summed E-state index contributed by atoms with van der Waals surface area (Å²) < 4.78 is 12.2. The molecular formula is C19H18BrN3O4. The average molecular weight is 432 g/mol. The molecule has 0 saturated carbocycles. The van der Waals surface area contributed by atoms with Crippen LogP contribution in [0.1, 0.15) is 10.4 Å². The molecule has 4 rings (SSSR count). The van der Waals surface area contributed by atoms with Gasteiger partial charge in [0, 0.05) is 43.0 Å². The van der Waals surface area contributed by atoms with Crippen LogP contribution in [0.4, 0.5) is 0 Å². The van der Waals surface area contributed by atoms with Gasteiger partial charge in [0.1, 0.15) is 6.61 Å². The van der Waals surface area contributed by atoms with Crippen LogP contribution in [0.5, 0.6) is 11.5 Å². The van der Waals surface area contributed by atoms with E-state index in [1.807, 2.05) is 18.2 Å². The Morgan fingerprint density at radius 2 is 1.74 bits per heavy atom. The smallest absolute Gasteiger partial charge is 0.267 e. The van der Waals surface area contributed by atoms with Gasteiger partial charge < -0.3 is 19.3 Å². The Bertz CT molecular complexity index is 868. The molecule has 1 saturated heterocycles. The van der Waals surface area contributed by atoms with Gasteiger partial charge in [-0.2, -0.15) is 0 Å². The number of hydrogen-bond donors (Lipinski definition) is 0. The van der Waals surface area contributed by atoms with Crippen LogP contribution < -0.4 is 9.47 Å². The minimum Gasteiger partial charge on any atom is -0.485 e. The lowest BCUT2D eigenvalue weighted by atomic mass is 10.2. The van der Waals surface area contributed by atoms with E-state index in [9.17, 15) is 9.59 Å². The number of carbonyl (C=O) groups is 2. The quantitative estimate of drug-likeness (QED) is 0.726. The fourth-order valence-electron chi connectivity index (χ4n) is 3.19. The largest absolute Gasteiger partial charge is 0.485 e. The number of ether oxygens (including phenoxy) is 2. The number of para-hydroxylation sites is 2. The number of fused-ring (bicyclic) bond motifs is 1. The highest BCUT2D eigenvalue weighted by Gasteiger charge is 2.33. The number of rotatable bonds is 2. The van der Waals surface area contributed by atoms with E-state index >= 15 is 0 Å². The van der Waals surface area contributed by atoms with Crippen molar-refractivity contribution in [1.29, 1.82) is 0 Å². The lowest BCUT2D eigenvalue weighted by Gasteiger charge is -2.37. The number of pyridine rings is 1. The Morgan fingerprint density at radius 3 is 2.48 bits per heavy atom. The zero-order valence-electron chi connectivity index (χ0n) is 14.5. The number of nitrogens with zero attached hydrogens (tertiary/aromatic N) is 3. The zero-order valence-corrected chi connectivity index (χ0v) is 16.1. The first-order valence-corrected chi connectivity index (χ1v) is 9.48. The van der Waals surface area contributed by atoms with Crippen molar-refractivity contribution in [2.24, 2.45) is 0 Å². The topological polar surface area (TPSA) is 72.0 Å². The first-order chi connectivity index (χ1) is 13.1. The summed E-state index contributed by atoms with van der Waals surface area (Å²) in [5, 5.41) is 0. The lowest BCUT2D eigenvalue weighted by molar-refractivity contribution is -0.142. The van der Waals surface area contributed by atoms with E-state index in [1.54, 1.807) is 34.3 Å². The highest BCUT2D eigenvalue weighted by Crippen LogP contribution is 2.31. The van der Waals surface area contributed by atoms with E-state index in [-0.39, 0.29) is 18.4 Å². The van der Waals surface area contributed by atoms with E-state index in [0.717, 1.165) is 4.47 Å². The second kappa shape index (κ2) is 7.56. The molecule has 2 amide bonds. The molecule has 0 N–H and O–H groups in total. The average Bonchev–Trinajstić information content (AvgIpc) is 2.72. The standard InChI is InChI=1S/C19H18BrN3O4/c20-14-9-13(10-21-11-14)18(24)22-5-7-23(8-6-22)19(25)17-12-26-15-3-1-2-4-16(15)27-17/h1-4,9-11,17H,5-8,12H2/t17-/m0/s1. The number of aromatic nitrogens is 1. The molecule has 0 radical (unpaired) electrons. The molecule has 0 aliphatic carbocycles. The number of amides is 2. The number of piperazine rings is 1. The van der Waals surface area contributed by atoms with Gasteiger partial charge in [-0.15, -0.1) is 0 Å². The summed E-state index contributed by atoms with van der Waals surface area (Å²) in [6.45, 7) is 2.07. The predicted octanol–water partition coefficient (Wildman–Crippen LogP) is 1.97. The second-order valence-electron chi connectivity index (χ2n) is 6.37. The van der Waals surface area contributed by atoms with Crippen molar-refractivity contribution < 1.29 is 19.1 Å². The van der Waals surface area contributed by atoms with Gasteiger partial charge in [-0.1, -0.05) is 12.1 Å². The van der Waals surface area contributed by atoms with Crippen LogP contribution in [0.15, 0.2) is 47.2 Å². The van der Waals surface area contributed by atoms with Gasteiger partial charge >= 0.3 is 0 Å². The molecule has 2 aliphatic rings. The third-order valence-electron chi connectivity index (χ3n) is 4.61. The molecule has 2 aromatic rings. The van der Waals surface area contributed by atoms with Gasteiger partial charge in [-0.05, 0) is 34.1 Å². The maximum atomic E-state index is 12.8. The van der Waals surface area contributed by atoms with Crippen LogP contribution in [0.2, 0.25) is 0 Å². The summed E-state index contributed by atoms with van der Waals surface area (Å²) >= 11 is 3.33. The number of hydrogen-bond acceptors (Lipinski definition) is 5. The van der Waals surface area contributed by atoms with Crippen molar-refractivity contribution in [3.8, 4) is 11.5 Å². The molecule has 27 heavy (non-hydrogen) atoms. The van der Waals surface area contributed by atoms with Crippen LogP contribution in [0.3, 0.4) is 0 Å². The van der Waals surface area contributed by atoms with Gasteiger partial charge in [0.25, 0.3) is 11.8 Å². The van der Waals surface area contributed by atoms with Crippen LogP contribution in [0.25, 0.3) is 0 Å². The molecule has 0 unspecified atom stereocenters. The highest BCUT2D eigenvalue weighted by atomic mass is 79.9. The van der Waals surface area contributed by atoms with Crippen molar-refractivity contribution in [1.82, 2.24) is 14.8 Å². The lowest BCUT2D eigenvalue weighted by Crippen LogP contribution is -2.55. The molecule has 0 bridgehead atoms. The first-order valence-electron chi connectivity index (χ1n) is 8.69. The number of halogens is 1. The van der Waals surface area contributed by atoms with Gasteiger partial charge in [0.2, 0.25) is 6.10 Å². The summed E-state index contributed by atoms with van der Waals surface area (Å²) in [7, 11) is 0. The van der Waals surface area contributed by atoms with Crippen LogP contribution >= 0.6 is 15.9 Å². The molecule has 2 aliphatic heterocycles. The van der Waals surface area contributed by atoms with E-state index < -0.39 is 6.10 Å². The number of benzene rings is 1. The van der Waals surface area contributed by atoms with Crippen molar-refractivity contribution in [3.05, 3.63) is 52.8 Å². The maximum Gasteiger partial charge on any atom is 0.267 e. The van der Waals surface area contributed by atoms with Crippen LogP contribution in [-0.2, 0) is 4.79 Å². The Labute approximate surface area is 165 Å². The first kappa shape index (κ1) is 17.8. The van der Waals surface area contributed by atoms with E-state index in [1.165, 1.54) is 0 Å². The van der Waals surface area contributed by atoms with Crippen molar-refractivity contribution in [3.63, 3.8) is 0 Å². The third kappa shape index (κ3) is 3.75. The SMILES string of the molecule is O=C(c1cncc(Br)c1)N1CCN(C(=O)[C@@H]2COc3ccccc3O2)CC1. The van der Waals surface area contributed by atoms with Crippen LogP contribution in [-0.4, -0.2) is 65.5 Å². The molecule has 1 fully saturated rings. The highest BCUT2D eigenvalue weighted by molar-refractivity contribution is 9.10. The van der Waals surface area contributed by atoms with Gasteiger partial charge in [-0.3, -0.25) is 14.6 Å². The summed E-state index contributed by atoms with van der Waals surface area (Å²) in [6.07, 6.45) is 2.53. The predicted molar refractivity (Wildman–Crippen MR) is 101 cm³/mol. The number of carbonyl (C=O) groups excluding carboxylic acids is 2. The molecule has 8 heteroatoms. The monoisotopic (exact) mass is 431 g/mol. The third-order valence-corrected chi connectivity index (χ3v) is 5.05. The second-order valence-corrected chi connectivity index (χ2v) is 7.29. The molecule has 1 atom stereocenters. The molecule has 1 aromatic heterocycles. The Kier molecular flexibility index (Phi) is 4.98. The normalized spacial score (nSPS) is 18.9. The van der Waals surface area contributed by atoms with Gasteiger partial charge in [-0.25, -0.2) is 0 Å². The molecule has 140 valence electrons. The molecular weight excluding hydrogens is 414 g/mol. The minimum atomic E-state index is -0.656. The fourth-order valence-corrected chi connectivity index (χ4v) is 3.55. The summed E-state index contributed by atoms with van der Waals surface area (Å²) in [6, 6.07) is 9.06. The summed E-state index contributed by atoms with van der Waals surface area (Å²) in [4.78, 5) is 32.8. The van der Waals surface area contributed by atoms with Crippen molar-refractivity contribution >= 4 is 27.7 Å². The van der Waals surface area contributed by atoms with Gasteiger partial charge in [0.05, 0.1) is 5.56 Å². The minimum absolute atomic E-state index is 0.0814. The van der Waals surface area contributed by atoms with E-state index in [4.69, 9.17) is 9.47 Å². The Balaban J connectivity index is 1.35. The van der Waals surface area contributed by atoms with Crippen molar-refractivity contribution in [2.45, 2.75) is 6.10 Å². The summed E-state index contributed by atoms with van der Waals surface area (Å²) in [5.41, 5.74) is 0.532. The molecule has 7 nitrogen and oxygen atoms in total. The van der Waals surface area contributed by atoms with Crippen molar-refractivity contribution in [2.75, 3.05) is 32.8 Å². The fraction of sp³-hybridized carbons (Fsp3) is 0.316. The maximum absolute atomic E-state index is 12.8. The molecule has 1 aromatic carbocycles. The Morgan fingerprint density at radius 1 is 1.04 bits per heavy atom. The van der Waals surface area contributed by atoms with E-state index in [2.05, 4.69) is 20.9 Å². The van der Waals surface area contributed by atoms with Gasteiger partial charge in [0.15, 0.2) is 11.5 Å². The van der Waals surface area contributed by atoms with Crippen LogP contribution in [0, 0.1) is 0 Å². The molecule has 3 heterocycles. The zero-order chi connectivity index (χ0) is 18.8. The Hall–Kier alpha value is -2.61. The summed E-state index contributed by atoms with van der Waals surface area (Å²) in [5.74, 6) is 1.04. The van der Waals surface area contributed by atoms with E-state index in [0.29, 0.717) is 43.2 Å².